The average Bonchev–Trinajstić information content (AvgIpc) is 3.11. The highest BCUT2D eigenvalue weighted by Gasteiger charge is 2.58. The van der Waals surface area contributed by atoms with Gasteiger partial charge in [-0.3, -0.25) is 4.79 Å². The molecule has 0 aromatic heterocycles. The lowest BCUT2D eigenvalue weighted by atomic mass is 9.83. The molecule has 92 valence electrons. The van der Waals surface area contributed by atoms with Gasteiger partial charge in [0.25, 0.3) is 0 Å². The summed E-state index contributed by atoms with van der Waals surface area (Å²) in [7, 11) is 0. The van der Waals surface area contributed by atoms with Crippen molar-refractivity contribution in [3.05, 3.63) is 0 Å². The van der Waals surface area contributed by atoms with Crippen LogP contribution in [0, 0.1) is 11.3 Å². The van der Waals surface area contributed by atoms with Gasteiger partial charge in [0.1, 0.15) is 5.54 Å². The lowest BCUT2D eigenvalue weighted by Crippen LogP contribution is -2.57. The van der Waals surface area contributed by atoms with Crippen LogP contribution in [0.4, 0.5) is 0 Å². The molecule has 2 aliphatic carbocycles. The fourth-order valence-electron chi connectivity index (χ4n) is 2.17. The molecule has 0 aromatic rings. The van der Waals surface area contributed by atoms with E-state index in [-0.39, 0.29) is 11.4 Å². The molecule has 1 N–H and O–H groups in total. The largest absolute Gasteiger partial charge is 0.465 e. The minimum absolute atomic E-state index is 0.0735. The van der Waals surface area contributed by atoms with Crippen LogP contribution in [0.25, 0.3) is 0 Å². The number of nitrogens with one attached hydrogen (secondary N) is 1. The van der Waals surface area contributed by atoms with Crippen molar-refractivity contribution >= 4 is 5.97 Å². The van der Waals surface area contributed by atoms with E-state index in [0.717, 1.165) is 25.3 Å². The van der Waals surface area contributed by atoms with E-state index in [1.54, 1.807) is 0 Å². The van der Waals surface area contributed by atoms with Crippen molar-refractivity contribution in [1.29, 1.82) is 0 Å². The molecular formula is C13H23NO2. The lowest BCUT2D eigenvalue weighted by Gasteiger charge is -2.34. The van der Waals surface area contributed by atoms with Gasteiger partial charge in [-0.1, -0.05) is 6.92 Å². The molecule has 0 spiro atoms. The summed E-state index contributed by atoms with van der Waals surface area (Å²) in [6.45, 7) is 7.50. The first-order valence-electron chi connectivity index (χ1n) is 6.44. The Kier molecular flexibility index (Phi) is 2.99. The molecule has 2 saturated carbocycles. The summed E-state index contributed by atoms with van der Waals surface area (Å²) < 4.78 is 5.22. The molecule has 0 radical (unpaired) electrons. The Morgan fingerprint density at radius 1 is 1.50 bits per heavy atom. The van der Waals surface area contributed by atoms with Crippen LogP contribution < -0.4 is 5.32 Å². The molecular weight excluding hydrogens is 202 g/mol. The number of carbonyl (C=O) groups excluding carboxylic acids is 1. The minimum atomic E-state index is -0.481. The van der Waals surface area contributed by atoms with Crippen LogP contribution in [-0.2, 0) is 9.53 Å². The van der Waals surface area contributed by atoms with Crippen LogP contribution in [0.5, 0.6) is 0 Å². The molecule has 0 amide bonds. The van der Waals surface area contributed by atoms with Crippen LogP contribution in [-0.4, -0.2) is 24.7 Å². The Morgan fingerprint density at radius 3 is 2.56 bits per heavy atom. The van der Waals surface area contributed by atoms with Crippen molar-refractivity contribution in [2.45, 2.75) is 52.0 Å². The number of hydrogen-bond acceptors (Lipinski definition) is 3. The van der Waals surface area contributed by atoms with Gasteiger partial charge in [0.05, 0.1) is 6.61 Å². The van der Waals surface area contributed by atoms with E-state index in [4.69, 9.17) is 4.74 Å². The van der Waals surface area contributed by atoms with Crippen LogP contribution in [0.15, 0.2) is 0 Å². The van der Waals surface area contributed by atoms with Gasteiger partial charge in [0.2, 0.25) is 0 Å². The Labute approximate surface area is 97.9 Å². The molecule has 0 saturated heterocycles. The fourth-order valence-corrected chi connectivity index (χ4v) is 2.17. The fraction of sp³-hybridized carbons (Fsp3) is 0.923. The normalized spacial score (nSPS) is 25.9. The van der Waals surface area contributed by atoms with Crippen LogP contribution in [0.3, 0.4) is 0 Å². The van der Waals surface area contributed by atoms with Crippen molar-refractivity contribution in [1.82, 2.24) is 5.32 Å². The maximum atomic E-state index is 12.1. The van der Waals surface area contributed by atoms with Gasteiger partial charge in [-0.15, -0.1) is 0 Å². The van der Waals surface area contributed by atoms with Crippen molar-refractivity contribution in [3.63, 3.8) is 0 Å². The SMILES string of the molecule is CCOC(=O)C(C)(NCC1CC1)C1(C)CC1. The van der Waals surface area contributed by atoms with Crippen LogP contribution >= 0.6 is 0 Å². The molecule has 3 heteroatoms. The minimum Gasteiger partial charge on any atom is -0.465 e. The number of ether oxygens (including phenoxy) is 1. The molecule has 0 aliphatic heterocycles. The van der Waals surface area contributed by atoms with E-state index in [1.807, 2.05) is 13.8 Å². The van der Waals surface area contributed by atoms with E-state index < -0.39 is 5.54 Å². The molecule has 2 aliphatic rings. The van der Waals surface area contributed by atoms with Gasteiger partial charge >= 0.3 is 5.97 Å². The van der Waals surface area contributed by atoms with Gasteiger partial charge in [0.15, 0.2) is 0 Å². The first-order chi connectivity index (χ1) is 7.52. The molecule has 16 heavy (non-hydrogen) atoms. The quantitative estimate of drug-likeness (QED) is 0.704. The first-order valence-corrected chi connectivity index (χ1v) is 6.44. The summed E-state index contributed by atoms with van der Waals surface area (Å²) in [4.78, 5) is 12.1. The molecule has 0 heterocycles. The van der Waals surface area contributed by atoms with Crippen LogP contribution in [0.2, 0.25) is 0 Å². The first kappa shape index (κ1) is 11.9. The van der Waals surface area contributed by atoms with E-state index >= 15 is 0 Å². The Morgan fingerprint density at radius 2 is 2.12 bits per heavy atom. The predicted molar refractivity (Wildman–Crippen MR) is 63.1 cm³/mol. The third-order valence-electron chi connectivity index (χ3n) is 4.33. The van der Waals surface area contributed by atoms with Gasteiger partial charge in [-0.25, -0.2) is 0 Å². The highest BCUT2D eigenvalue weighted by molar-refractivity contribution is 5.82. The third kappa shape index (κ3) is 2.10. The second-order valence-corrected chi connectivity index (χ2v) is 5.73. The van der Waals surface area contributed by atoms with E-state index in [1.165, 1.54) is 12.8 Å². The molecule has 0 aromatic carbocycles. The number of hydrogen-bond donors (Lipinski definition) is 1. The maximum Gasteiger partial charge on any atom is 0.326 e. The van der Waals surface area contributed by atoms with Crippen LogP contribution in [0.1, 0.15) is 46.5 Å². The second kappa shape index (κ2) is 4.02. The molecule has 2 rings (SSSR count). The zero-order chi connectivity index (χ0) is 11.8. The topological polar surface area (TPSA) is 38.3 Å². The standard InChI is InChI=1S/C13H23NO2/c1-4-16-11(15)13(3,12(2)7-8-12)14-9-10-5-6-10/h10,14H,4-9H2,1-3H3. The van der Waals surface area contributed by atoms with E-state index in [0.29, 0.717) is 6.61 Å². The molecule has 3 nitrogen and oxygen atoms in total. The van der Waals surface area contributed by atoms with E-state index in [9.17, 15) is 4.79 Å². The summed E-state index contributed by atoms with van der Waals surface area (Å²) in [6, 6.07) is 0. The zero-order valence-electron chi connectivity index (χ0n) is 10.6. The monoisotopic (exact) mass is 225 g/mol. The van der Waals surface area contributed by atoms with Gasteiger partial charge < -0.3 is 10.1 Å². The second-order valence-electron chi connectivity index (χ2n) is 5.73. The molecule has 1 unspecified atom stereocenters. The van der Waals surface area contributed by atoms with E-state index in [2.05, 4.69) is 12.2 Å². The molecule has 1 atom stereocenters. The maximum absolute atomic E-state index is 12.1. The van der Waals surface area contributed by atoms with Crippen molar-refractivity contribution < 1.29 is 9.53 Å². The highest BCUT2D eigenvalue weighted by Crippen LogP contribution is 2.54. The van der Waals surface area contributed by atoms with Gasteiger partial charge in [-0.05, 0) is 57.4 Å². The third-order valence-corrected chi connectivity index (χ3v) is 4.33. The summed E-state index contributed by atoms with van der Waals surface area (Å²) in [6.07, 6.45) is 4.87. The van der Waals surface area contributed by atoms with Crippen molar-refractivity contribution in [2.24, 2.45) is 11.3 Å². The summed E-state index contributed by atoms with van der Waals surface area (Å²) >= 11 is 0. The van der Waals surface area contributed by atoms with Gasteiger partial charge in [-0.2, -0.15) is 0 Å². The summed E-state index contributed by atoms with van der Waals surface area (Å²) in [5, 5.41) is 3.47. The smallest absolute Gasteiger partial charge is 0.326 e. The number of rotatable bonds is 6. The highest BCUT2D eigenvalue weighted by atomic mass is 16.5. The Bertz CT molecular complexity index is 282. The molecule has 0 bridgehead atoms. The zero-order valence-corrected chi connectivity index (χ0v) is 10.6. The number of esters is 1. The summed E-state index contributed by atoms with van der Waals surface area (Å²) in [5.74, 6) is 0.715. The average molecular weight is 225 g/mol. The van der Waals surface area contributed by atoms with Crippen molar-refractivity contribution in [3.8, 4) is 0 Å². The Hall–Kier alpha value is -0.570. The van der Waals surface area contributed by atoms with Gasteiger partial charge in [0, 0.05) is 0 Å². The van der Waals surface area contributed by atoms with Crippen molar-refractivity contribution in [2.75, 3.05) is 13.2 Å². The predicted octanol–water partition coefficient (Wildman–Crippen LogP) is 2.11. The Balaban J connectivity index is 2.01. The molecule has 2 fully saturated rings. The number of carbonyl (C=O) groups is 1. The lowest BCUT2D eigenvalue weighted by molar-refractivity contribution is -0.153. The summed E-state index contributed by atoms with van der Waals surface area (Å²) in [5.41, 5.74) is -0.375.